The highest BCUT2D eigenvalue weighted by atomic mass is 19.1. The Labute approximate surface area is 179 Å². The maximum Gasteiger partial charge on any atom is 0.317 e. The van der Waals surface area contributed by atoms with Gasteiger partial charge in [0, 0.05) is 37.3 Å². The number of urea groups is 1. The van der Waals surface area contributed by atoms with Gasteiger partial charge >= 0.3 is 6.03 Å². The van der Waals surface area contributed by atoms with Crippen molar-refractivity contribution in [1.29, 1.82) is 0 Å². The number of pyridine rings is 1. The average Bonchev–Trinajstić information content (AvgIpc) is 3.38. The molecule has 2 aromatic carbocycles. The van der Waals surface area contributed by atoms with Crippen LogP contribution in [0.5, 0.6) is 11.6 Å². The van der Waals surface area contributed by atoms with Crippen molar-refractivity contribution in [1.82, 2.24) is 15.2 Å². The van der Waals surface area contributed by atoms with E-state index in [1.165, 1.54) is 23.3 Å². The topological polar surface area (TPSA) is 63.7 Å². The van der Waals surface area contributed by atoms with Crippen LogP contribution in [0.15, 0.2) is 66.9 Å². The first-order chi connectivity index (χ1) is 15.1. The highest BCUT2D eigenvalue weighted by molar-refractivity contribution is 5.75. The Morgan fingerprint density at radius 1 is 1.19 bits per heavy atom. The number of amides is 2. The quantitative estimate of drug-likeness (QED) is 0.683. The summed E-state index contributed by atoms with van der Waals surface area (Å²) in [5, 5.41) is 2.95. The van der Waals surface area contributed by atoms with Crippen molar-refractivity contribution in [3.8, 4) is 11.6 Å². The van der Waals surface area contributed by atoms with Crippen molar-refractivity contribution >= 4 is 6.03 Å². The molecule has 5 rings (SSSR count). The van der Waals surface area contributed by atoms with Crippen molar-refractivity contribution in [2.75, 3.05) is 13.1 Å². The normalized spacial score (nSPS) is 19.5. The molecule has 1 aromatic heterocycles. The molecule has 3 heterocycles. The minimum absolute atomic E-state index is 0.162. The molecule has 2 amide bonds. The summed E-state index contributed by atoms with van der Waals surface area (Å²) in [5.41, 5.74) is 2.67. The van der Waals surface area contributed by atoms with E-state index in [1.54, 1.807) is 29.3 Å². The van der Waals surface area contributed by atoms with Gasteiger partial charge in [-0.05, 0) is 29.3 Å². The van der Waals surface area contributed by atoms with Crippen LogP contribution in [-0.2, 0) is 23.5 Å². The average molecular weight is 419 g/mol. The molecule has 1 N–H and O–H groups in total. The monoisotopic (exact) mass is 419 g/mol. The van der Waals surface area contributed by atoms with E-state index in [0.29, 0.717) is 36.9 Å². The highest BCUT2D eigenvalue weighted by Gasteiger charge is 2.46. The third-order valence-corrected chi connectivity index (χ3v) is 5.82. The third kappa shape index (κ3) is 3.84. The van der Waals surface area contributed by atoms with E-state index in [-0.39, 0.29) is 18.4 Å². The predicted octanol–water partition coefficient (Wildman–Crippen LogP) is 4.35. The van der Waals surface area contributed by atoms with Crippen molar-refractivity contribution in [3.63, 3.8) is 0 Å². The molecular weight excluding hydrogens is 397 g/mol. The van der Waals surface area contributed by atoms with Crippen LogP contribution in [0.2, 0.25) is 0 Å². The van der Waals surface area contributed by atoms with Crippen molar-refractivity contribution in [2.24, 2.45) is 0 Å². The molecular formula is C24H22FN3O3. The maximum absolute atomic E-state index is 13.4. The lowest BCUT2D eigenvalue weighted by atomic mass is 9.92. The van der Waals surface area contributed by atoms with Crippen molar-refractivity contribution < 1.29 is 18.7 Å². The number of carbonyl (C=O) groups is 1. The molecule has 1 atom stereocenters. The first kappa shape index (κ1) is 19.5. The molecule has 3 aromatic rings. The largest absolute Gasteiger partial charge is 0.439 e. The Morgan fingerprint density at radius 2 is 2.10 bits per heavy atom. The van der Waals surface area contributed by atoms with Crippen LogP contribution in [0.3, 0.4) is 0 Å². The van der Waals surface area contributed by atoms with Crippen LogP contribution < -0.4 is 10.1 Å². The molecule has 158 valence electrons. The molecule has 2 aliphatic rings. The molecule has 1 unspecified atom stereocenters. The van der Waals surface area contributed by atoms with Gasteiger partial charge in [0.2, 0.25) is 5.88 Å². The summed E-state index contributed by atoms with van der Waals surface area (Å²) >= 11 is 0. The molecule has 0 saturated carbocycles. The van der Waals surface area contributed by atoms with Gasteiger partial charge < -0.3 is 19.7 Å². The SMILES string of the molecule is O=C(NCc1cccnc1Oc1cccc(F)c1)N1CCC2(C1)OCc1ccccc12. The summed E-state index contributed by atoms with van der Waals surface area (Å²) in [7, 11) is 0. The number of carbonyl (C=O) groups excluding carboxylic acids is 1. The fourth-order valence-electron chi connectivity index (χ4n) is 4.25. The number of rotatable bonds is 4. The van der Waals surface area contributed by atoms with Crippen LogP contribution in [0.4, 0.5) is 9.18 Å². The lowest BCUT2D eigenvalue weighted by Crippen LogP contribution is -2.40. The summed E-state index contributed by atoms with van der Waals surface area (Å²) < 4.78 is 25.3. The molecule has 1 fully saturated rings. The van der Waals surface area contributed by atoms with E-state index < -0.39 is 5.60 Å². The number of fused-ring (bicyclic) bond motifs is 2. The molecule has 0 bridgehead atoms. The zero-order valence-electron chi connectivity index (χ0n) is 16.9. The van der Waals surface area contributed by atoms with Crippen molar-refractivity contribution in [2.45, 2.75) is 25.2 Å². The second-order valence-electron chi connectivity index (χ2n) is 7.80. The first-order valence-corrected chi connectivity index (χ1v) is 10.3. The molecule has 6 nitrogen and oxygen atoms in total. The predicted molar refractivity (Wildman–Crippen MR) is 112 cm³/mol. The number of benzene rings is 2. The van der Waals surface area contributed by atoms with Gasteiger partial charge in [0.15, 0.2) is 0 Å². The first-order valence-electron chi connectivity index (χ1n) is 10.3. The number of nitrogens with one attached hydrogen (secondary N) is 1. The molecule has 1 spiro atoms. The Bertz CT molecular complexity index is 1120. The lowest BCUT2D eigenvalue weighted by Gasteiger charge is -2.25. The summed E-state index contributed by atoms with van der Waals surface area (Å²) in [6.45, 7) is 1.98. The minimum Gasteiger partial charge on any atom is -0.439 e. The zero-order chi connectivity index (χ0) is 21.3. The molecule has 0 aliphatic carbocycles. The van der Waals surface area contributed by atoms with Crippen molar-refractivity contribution in [3.05, 3.63) is 89.4 Å². The zero-order valence-corrected chi connectivity index (χ0v) is 16.9. The minimum atomic E-state index is -0.409. The lowest BCUT2D eigenvalue weighted by molar-refractivity contribution is -0.0272. The Hall–Kier alpha value is -3.45. The summed E-state index contributed by atoms with van der Waals surface area (Å²) in [6, 6.07) is 17.5. The fourth-order valence-corrected chi connectivity index (χ4v) is 4.25. The number of hydrogen-bond donors (Lipinski definition) is 1. The molecule has 1 saturated heterocycles. The number of nitrogens with zero attached hydrogens (tertiary/aromatic N) is 2. The fraction of sp³-hybridized carbons (Fsp3) is 0.250. The number of likely N-dealkylation sites (tertiary alicyclic amines) is 1. The van der Waals surface area contributed by atoms with Gasteiger partial charge in [-0.1, -0.05) is 36.4 Å². The van der Waals surface area contributed by atoms with E-state index in [1.807, 2.05) is 18.2 Å². The standard InChI is InChI=1S/C24H22FN3O3/c25-19-7-3-8-20(13-19)31-22-17(6-4-11-26-22)14-27-23(29)28-12-10-24(16-28)21-9-2-1-5-18(21)15-30-24/h1-9,11,13H,10,12,14-16H2,(H,27,29). The van der Waals surface area contributed by atoms with Gasteiger partial charge in [-0.15, -0.1) is 0 Å². The molecule has 31 heavy (non-hydrogen) atoms. The smallest absolute Gasteiger partial charge is 0.317 e. The van der Waals surface area contributed by atoms with Gasteiger partial charge in [-0.25, -0.2) is 14.2 Å². The summed E-state index contributed by atoms with van der Waals surface area (Å²) in [6.07, 6.45) is 2.37. The summed E-state index contributed by atoms with van der Waals surface area (Å²) in [5.74, 6) is 0.297. The van der Waals surface area contributed by atoms with Crippen LogP contribution in [0.25, 0.3) is 0 Å². The number of hydrogen-bond acceptors (Lipinski definition) is 4. The van der Waals surface area contributed by atoms with Gasteiger partial charge in [-0.3, -0.25) is 0 Å². The van der Waals surface area contributed by atoms with Crippen LogP contribution in [-0.4, -0.2) is 29.0 Å². The van der Waals surface area contributed by atoms with Gasteiger partial charge in [0.25, 0.3) is 0 Å². The molecule has 0 radical (unpaired) electrons. The highest BCUT2D eigenvalue weighted by Crippen LogP contribution is 2.43. The molecule has 7 heteroatoms. The second kappa shape index (κ2) is 8.00. The Kier molecular flexibility index (Phi) is 5.03. The third-order valence-electron chi connectivity index (χ3n) is 5.82. The number of ether oxygens (including phenoxy) is 2. The van der Waals surface area contributed by atoms with E-state index >= 15 is 0 Å². The van der Waals surface area contributed by atoms with Crippen LogP contribution in [0.1, 0.15) is 23.1 Å². The van der Waals surface area contributed by atoms with E-state index in [0.717, 1.165) is 6.42 Å². The van der Waals surface area contributed by atoms with Crippen LogP contribution >= 0.6 is 0 Å². The van der Waals surface area contributed by atoms with Gasteiger partial charge in [0.1, 0.15) is 17.2 Å². The Balaban J connectivity index is 1.24. The van der Waals surface area contributed by atoms with E-state index in [2.05, 4.69) is 22.4 Å². The van der Waals surface area contributed by atoms with Gasteiger partial charge in [0.05, 0.1) is 13.2 Å². The van der Waals surface area contributed by atoms with Gasteiger partial charge in [-0.2, -0.15) is 0 Å². The maximum atomic E-state index is 13.4. The number of aromatic nitrogens is 1. The second-order valence-corrected chi connectivity index (χ2v) is 7.80. The molecule has 2 aliphatic heterocycles. The Morgan fingerprint density at radius 3 is 3.00 bits per heavy atom. The number of halogens is 1. The summed E-state index contributed by atoms with van der Waals surface area (Å²) in [4.78, 5) is 18.8. The van der Waals surface area contributed by atoms with E-state index in [9.17, 15) is 9.18 Å². The van der Waals surface area contributed by atoms with Crippen LogP contribution in [0, 0.1) is 5.82 Å². The van der Waals surface area contributed by atoms with E-state index in [4.69, 9.17) is 9.47 Å².